The van der Waals surface area contributed by atoms with Gasteiger partial charge in [-0.3, -0.25) is 0 Å². The van der Waals surface area contributed by atoms with Crippen LogP contribution in [0.3, 0.4) is 0 Å². The molecule has 0 aliphatic carbocycles. The molecule has 1 aromatic heterocycles. The first-order valence-corrected chi connectivity index (χ1v) is 6.19. The van der Waals surface area contributed by atoms with Gasteiger partial charge in [0.2, 0.25) is 0 Å². The third-order valence-electron chi connectivity index (χ3n) is 1.73. The lowest BCUT2D eigenvalue weighted by Gasteiger charge is -2.13. The summed E-state index contributed by atoms with van der Waals surface area (Å²) in [6.45, 7) is 15.0. The van der Waals surface area contributed by atoms with Gasteiger partial charge in [0.15, 0.2) is 0 Å². The molecular formula is C12H23NS. The molecule has 0 bridgehead atoms. The van der Waals surface area contributed by atoms with Crippen molar-refractivity contribution in [3.05, 3.63) is 16.1 Å². The Kier molecular flexibility index (Phi) is 5.35. The first-order chi connectivity index (χ1) is 6.41. The highest BCUT2D eigenvalue weighted by Gasteiger charge is 2.18. The quantitative estimate of drug-likeness (QED) is 0.665. The fraction of sp³-hybridized carbons (Fsp3) is 0.750. The summed E-state index contributed by atoms with van der Waals surface area (Å²) in [4.78, 5) is 5.82. The standard InChI is InChI=1S/C10H17NS.C2H6/c1-7(2)8-6-11-9(12-8)10(3,4)5;1-2/h6-7H,1-5H3;1-2H3. The molecule has 0 aliphatic heterocycles. The van der Waals surface area contributed by atoms with Crippen LogP contribution in [0.5, 0.6) is 0 Å². The Morgan fingerprint density at radius 2 is 1.71 bits per heavy atom. The molecule has 0 aromatic carbocycles. The third-order valence-corrected chi connectivity index (χ3v) is 3.46. The number of rotatable bonds is 1. The minimum atomic E-state index is 0.206. The maximum atomic E-state index is 4.43. The van der Waals surface area contributed by atoms with Gasteiger partial charge in [-0.15, -0.1) is 11.3 Å². The molecule has 14 heavy (non-hydrogen) atoms. The van der Waals surface area contributed by atoms with Crippen LogP contribution in [0.15, 0.2) is 6.20 Å². The van der Waals surface area contributed by atoms with Crippen molar-refractivity contribution in [3.8, 4) is 0 Å². The lowest BCUT2D eigenvalue weighted by molar-refractivity contribution is 0.585. The van der Waals surface area contributed by atoms with Crippen molar-refractivity contribution in [1.82, 2.24) is 4.98 Å². The number of aromatic nitrogens is 1. The summed E-state index contributed by atoms with van der Waals surface area (Å²) >= 11 is 1.84. The fourth-order valence-corrected chi connectivity index (χ4v) is 1.88. The SMILES string of the molecule is CC.CC(C)c1cnc(C(C)(C)C)s1. The predicted octanol–water partition coefficient (Wildman–Crippen LogP) is 4.59. The lowest BCUT2D eigenvalue weighted by Crippen LogP contribution is -2.09. The van der Waals surface area contributed by atoms with Crippen LogP contribution in [0.4, 0.5) is 0 Å². The molecule has 0 unspecified atom stereocenters. The molecular weight excluding hydrogens is 190 g/mol. The molecule has 1 aromatic rings. The Morgan fingerprint density at radius 3 is 1.93 bits per heavy atom. The molecule has 1 nitrogen and oxygen atoms in total. The Balaban J connectivity index is 0.000000791. The highest BCUT2D eigenvalue weighted by molar-refractivity contribution is 7.11. The van der Waals surface area contributed by atoms with Gasteiger partial charge >= 0.3 is 0 Å². The summed E-state index contributed by atoms with van der Waals surface area (Å²) in [5, 5.41) is 1.24. The zero-order valence-electron chi connectivity index (χ0n) is 10.5. The summed E-state index contributed by atoms with van der Waals surface area (Å²) in [7, 11) is 0. The molecule has 1 rings (SSSR count). The van der Waals surface area contributed by atoms with E-state index in [2.05, 4.69) is 39.6 Å². The van der Waals surface area contributed by atoms with E-state index in [-0.39, 0.29) is 5.41 Å². The van der Waals surface area contributed by atoms with E-state index >= 15 is 0 Å². The van der Waals surface area contributed by atoms with Crippen molar-refractivity contribution in [2.45, 2.75) is 59.8 Å². The van der Waals surface area contributed by atoms with E-state index in [0.717, 1.165) is 0 Å². The molecule has 0 amide bonds. The Morgan fingerprint density at radius 1 is 1.21 bits per heavy atom. The van der Waals surface area contributed by atoms with E-state index in [0.29, 0.717) is 5.92 Å². The Hall–Kier alpha value is -0.370. The summed E-state index contributed by atoms with van der Waals surface area (Å²) < 4.78 is 0. The van der Waals surface area contributed by atoms with Gasteiger partial charge in [-0.1, -0.05) is 48.5 Å². The zero-order chi connectivity index (χ0) is 11.4. The molecule has 0 fully saturated rings. The molecule has 0 spiro atoms. The molecule has 0 aliphatic rings. The van der Waals surface area contributed by atoms with E-state index in [9.17, 15) is 0 Å². The summed E-state index contributed by atoms with van der Waals surface area (Å²) in [6, 6.07) is 0. The van der Waals surface area contributed by atoms with Gasteiger partial charge in [0, 0.05) is 16.5 Å². The largest absolute Gasteiger partial charge is 0.249 e. The average Bonchev–Trinajstić information content (AvgIpc) is 2.54. The third kappa shape index (κ3) is 3.79. The number of nitrogens with zero attached hydrogens (tertiary/aromatic N) is 1. The summed E-state index contributed by atoms with van der Waals surface area (Å²) in [5.74, 6) is 0.610. The maximum Gasteiger partial charge on any atom is 0.0981 e. The first kappa shape index (κ1) is 13.6. The highest BCUT2D eigenvalue weighted by Crippen LogP contribution is 2.30. The summed E-state index contributed by atoms with van der Waals surface area (Å²) in [6.07, 6.45) is 2.01. The van der Waals surface area contributed by atoms with Crippen molar-refractivity contribution in [3.63, 3.8) is 0 Å². The van der Waals surface area contributed by atoms with Gasteiger partial charge in [0.05, 0.1) is 5.01 Å². The van der Waals surface area contributed by atoms with Crippen LogP contribution in [0, 0.1) is 0 Å². The summed E-state index contributed by atoms with van der Waals surface area (Å²) in [5.41, 5.74) is 0.206. The van der Waals surface area contributed by atoms with Crippen LogP contribution in [-0.2, 0) is 5.41 Å². The Labute approximate surface area is 92.6 Å². The molecule has 0 saturated heterocycles. The fourth-order valence-electron chi connectivity index (χ4n) is 0.900. The number of thiazole rings is 1. The average molecular weight is 213 g/mol. The van der Waals surface area contributed by atoms with Crippen molar-refractivity contribution in [1.29, 1.82) is 0 Å². The van der Waals surface area contributed by atoms with Gasteiger partial charge in [-0.05, 0) is 5.92 Å². The normalized spacial score (nSPS) is 11.1. The molecule has 0 radical (unpaired) electrons. The van der Waals surface area contributed by atoms with Crippen LogP contribution in [0.2, 0.25) is 0 Å². The molecule has 0 N–H and O–H groups in total. The van der Waals surface area contributed by atoms with Crippen LogP contribution in [0.1, 0.15) is 64.3 Å². The molecule has 82 valence electrons. The van der Waals surface area contributed by atoms with Gasteiger partial charge in [0.1, 0.15) is 0 Å². The monoisotopic (exact) mass is 213 g/mol. The van der Waals surface area contributed by atoms with Crippen molar-refractivity contribution in [2.24, 2.45) is 0 Å². The number of hydrogen-bond donors (Lipinski definition) is 0. The second kappa shape index (κ2) is 5.50. The Bertz CT molecular complexity index is 256. The van der Waals surface area contributed by atoms with E-state index in [1.165, 1.54) is 9.88 Å². The van der Waals surface area contributed by atoms with Crippen LogP contribution in [-0.4, -0.2) is 4.98 Å². The maximum absolute atomic E-state index is 4.43. The van der Waals surface area contributed by atoms with E-state index < -0.39 is 0 Å². The first-order valence-electron chi connectivity index (χ1n) is 5.37. The predicted molar refractivity (Wildman–Crippen MR) is 66.3 cm³/mol. The second-order valence-electron chi connectivity index (χ2n) is 4.47. The van der Waals surface area contributed by atoms with Gasteiger partial charge < -0.3 is 0 Å². The van der Waals surface area contributed by atoms with Gasteiger partial charge in [0.25, 0.3) is 0 Å². The topological polar surface area (TPSA) is 12.9 Å². The minimum absolute atomic E-state index is 0.206. The van der Waals surface area contributed by atoms with Crippen molar-refractivity contribution >= 4 is 11.3 Å². The van der Waals surface area contributed by atoms with E-state index in [1.54, 1.807) is 0 Å². The molecule has 2 heteroatoms. The van der Waals surface area contributed by atoms with Crippen LogP contribution in [0.25, 0.3) is 0 Å². The zero-order valence-corrected chi connectivity index (χ0v) is 11.3. The smallest absolute Gasteiger partial charge is 0.0981 e. The van der Waals surface area contributed by atoms with E-state index in [4.69, 9.17) is 0 Å². The number of hydrogen-bond acceptors (Lipinski definition) is 2. The molecule has 0 atom stereocenters. The van der Waals surface area contributed by atoms with E-state index in [1.807, 2.05) is 31.4 Å². The van der Waals surface area contributed by atoms with Crippen LogP contribution < -0.4 is 0 Å². The molecule has 0 saturated carbocycles. The van der Waals surface area contributed by atoms with Gasteiger partial charge in [-0.25, -0.2) is 4.98 Å². The lowest BCUT2D eigenvalue weighted by atomic mass is 9.98. The highest BCUT2D eigenvalue weighted by atomic mass is 32.1. The van der Waals surface area contributed by atoms with Crippen molar-refractivity contribution in [2.75, 3.05) is 0 Å². The minimum Gasteiger partial charge on any atom is -0.249 e. The van der Waals surface area contributed by atoms with Gasteiger partial charge in [-0.2, -0.15) is 0 Å². The van der Waals surface area contributed by atoms with Crippen molar-refractivity contribution < 1.29 is 0 Å². The van der Waals surface area contributed by atoms with Crippen LogP contribution >= 0.6 is 11.3 Å². The second-order valence-corrected chi connectivity index (χ2v) is 5.53. The molecule has 1 heterocycles.